The largest absolute Gasteiger partial charge is 0.493 e. The lowest BCUT2D eigenvalue weighted by molar-refractivity contribution is 0.104. The summed E-state index contributed by atoms with van der Waals surface area (Å²) in [5.41, 5.74) is 1.73. The third-order valence-electron chi connectivity index (χ3n) is 3.54. The van der Waals surface area contributed by atoms with E-state index in [4.69, 9.17) is 4.74 Å². The number of ether oxygens (including phenoxy) is 1. The van der Waals surface area contributed by atoms with Crippen molar-refractivity contribution in [3.63, 3.8) is 0 Å². The number of fused-ring (bicyclic) bond motifs is 2. The Labute approximate surface area is 135 Å². The molecule has 1 heterocycles. The zero-order valence-corrected chi connectivity index (χ0v) is 13.4. The Morgan fingerprint density at radius 3 is 2.32 bits per heavy atom. The maximum absolute atomic E-state index is 12.5. The second-order valence-corrected chi connectivity index (χ2v) is 6.25. The molecular weight excluding hydrogens is 292 g/mol. The molecule has 112 valence electrons. The number of benzene rings is 2. The third kappa shape index (κ3) is 3.09. The molecule has 0 aliphatic carbocycles. The van der Waals surface area contributed by atoms with Gasteiger partial charge in [0.15, 0.2) is 5.78 Å². The van der Waals surface area contributed by atoms with Crippen LogP contribution in [0.2, 0.25) is 0 Å². The molecular formula is C19H18O2S. The minimum Gasteiger partial charge on any atom is -0.493 e. The number of hydrogen-bond acceptors (Lipinski definition) is 3. The van der Waals surface area contributed by atoms with Crippen LogP contribution in [-0.2, 0) is 4.74 Å². The summed E-state index contributed by atoms with van der Waals surface area (Å²) in [6.45, 7) is 2.76. The second-order valence-electron chi connectivity index (χ2n) is 5.17. The SMILES string of the molecule is CCCCO/C1=C/C(=O)c2ccccc2Sc2ccccc21. The highest BCUT2D eigenvalue weighted by atomic mass is 32.2. The van der Waals surface area contributed by atoms with Crippen LogP contribution in [0.5, 0.6) is 0 Å². The molecule has 0 spiro atoms. The van der Waals surface area contributed by atoms with Crippen LogP contribution in [0.4, 0.5) is 0 Å². The van der Waals surface area contributed by atoms with Gasteiger partial charge in [0.05, 0.1) is 6.61 Å². The first kappa shape index (κ1) is 14.9. The Kier molecular flexibility index (Phi) is 4.64. The van der Waals surface area contributed by atoms with Crippen LogP contribution in [0.1, 0.15) is 35.7 Å². The van der Waals surface area contributed by atoms with Gasteiger partial charge in [0.1, 0.15) is 5.76 Å². The Balaban J connectivity index is 2.06. The quantitative estimate of drug-likeness (QED) is 0.727. The van der Waals surface area contributed by atoms with Gasteiger partial charge in [-0.2, -0.15) is 0 Å². The van der Waals surface area contributed by atoms with Crippen molar-refractivity contribution in [2.75, 3.05) is 6.61 Å². The van der Waals surface area contributed by atoms with E-state index in [0.29, 0.717) is 12.4 Å². The molecule has 0 unspecified atom stereocenters. The number of allylic oxidation sites excluding steroid dienone is 1. The molecule has 0 atom stereocenters. The Hall–Kier alpha value is -2.00. The highest BCUT2D eigenvalue weighted by molar-refractivity contribution is 7.99. The smallest absolute Gasteiger partial charge is 0.190 e. The fourth-order valence-electron chi connectivity index (χ4n) is 2.36. The van der Waals surface area contributed by atoms with E-state index in [2.05, 4.69) is 13.0 Å². The highest BCUT2D eigenvalue weighted by Gasteiger charge is 2.19. The first-order chi connectivity index (χ1) is 10.8. The van der Waals surface area contributed by atoms with Crippen molar-refractivity contribution in [1.82, 2.24) is 0 Å². The summed E-state index contributed by atoms with van der Waals surface area (Å²) in [4.78, 5) is 14.6. The average Bonchev–Trinajstić information content (AvgIpc) is 2.54. The van der Waals surface area contributed by atoms with Crippen LogP contribution < -0.4 is 0 Å². The van der Waals surface area contributed by atoms with E-state index in [1.807, 2.05) is 42.5 Å². The highest BCUT2D eigenvalue weighted by Crippen LogP contribution is 2.38. The van der Waals surface area contributed by atoms with Gasteiger partial charge in [0.2, 0.25) is 0 Å². The molecule has 0 bridgehead atoms. The summed E-state index contributed by atoms with van der Waals surface area (Å²) in [7, 11) is 0. The number of carbonyl (C=O) groups is 1. The molecule has 2 nitrogen and oxygen atoms in total. The van der Waals surface area contributed by atoms with Crippen molar-refractivity contribution in [1.29, 1.82) is 0 Å². The molecule has 1 aliphatic rings. The molecule has 3 heteroatoms. The standard InChI is InChI=1S/C19H18O2S/c1-2-3-12-21-17-13-16(20)14-8-4-6-10-18(14)22-19-11-7-5-9-15(17)19/h4-11,13H,2-3,12H2,1H3/b17-13+. The van der Waals surface area contributed by atoms with E-state index in [-0.39, 0.29) is 5.78 Å². The van der Waals surface area contributed by atoms with Gasteiger partial charge in [0.25, 0.3) is 0 Å². The van der Waals surface area contributed by atoms with E-state index < -0.39 is 0 Å². The summed E-state index contributed by atoms with van der Waals surface area (Å²) in [6.07, 6.45) is 3.69. The van der Waals surface area contributed by atoms with Crippen LogP contribution >= 0.6 is 11.8 Å². The van der Waals surface area contributed by atoms with Gasteiger partial charge >= 0.3 is 0 Å². The van der Waals surface area contributed by atoms with Crippen molar-refractivity contribution in [3.05, 3.63) is 65.7 Å². The molecule has 0 N–H and O–H groups in total. The maximum atomic E-state index is 12.5. The lowest BCUT2D eigenvalue weighted by atomic mass is 10.1. The van der Waals surface area contributed by atoms with Crippen LogP contribution in [0.25, 0.3) is 5.76 Å². The average molecular weight is 310 g/mol. The number of ketones is 1. The van der Waals surface area contributed by atoms with Crippen molar-refractivity contribution >= 4 is 23.3 Å². The summed E-state index contributed by atoms with van der Waals surface area (Å²) in [5.74, 6) is 0.681. The molecule has 2 aromatic rings. The van der Waals surface area contributed by atoms with Crippen LogP contribution in [-0.4, -0.2) is 12.4 Å². The van der Waals surface area contributed by atoms with E-state index in [0.717, 1.165) is 33.8 Å². The van der Waals surface area contributed by atoms with Crippen LogP contribution in [0.15, 0.2) is 64.4 Å². The van der Waals surface area contributed by atoms with Crippen LogP contribution in [0.3, 0.4) is 0 Å². The summed E-state index contributed by atoms with van der Waals surface area (Å²) in [6, 6.07) is 15.8. The predicted molar refractivity (Wildman–Crippen MR) is 90.2 cm³/mol. The zero-order chi connectivity index (χ0) is 15.4. The van der Waals surface area contributed by atoms with Gasteiger partial charge in [-0.25, -0.2) is 0 Å². The van der Waals surface area contributed by atoms with Gasteiger partial charge in [-0.05, 0) is 24.6 Å². The van der Waals surface area contributed by atoms with Gasteiger partial charge in [-0.1, -0.05) is 55.4 Å². The number of unbranched alkanes of at least 4 members (excludes halogenated alkanes) is 1. The second kappa shape index (κ2) is 6.84. The Morgan fingerprint density at radius 2 is 1.59 bits per heavy atom. The van der Waals surface area contributed by atoms with Crippen LogP contribution in [0, 0.1) is 0 Å². The Bertz CT molecular complexity index is 719. The van der Waals surface area contributed by atoms with E-state index in [1.54, 1.807) is 17.8 Å². The molecule has 22 heavy (non-hydrogen) atoms. The number of hydrogen-bond donors (Lipinski definition) is 0. The van der Waals surface area contributed by atoms with Crippen molar-refractivity contribution < 1.29 is 9.53 Å². The number of rotatable bonds is 4. The fourth-order valence-corrected chi connectivity index (χ4v) is 3.44. The molecule has 3 rings (SSSR count). The van der Waals surface area contributed by atoms with Crippen molar-refractivity contribution in [2.24, 2.45) is 0 Å². The van der Waals surface area contributed by atoms with E-state index >= 15 is 0 Å². The molecule has 0 saturated heterocycles. The predicted octanol–water partition coefficient (Wildman–Crippen LogP) is 5.19. The third-order valence-corrected chi connectivity index (χ3v) is 4.69. The van der Waals surface area contributed by atoms with Gasteiger partial charge in [-0.3, -0.25) is 4.79 Å². The minimum absolute atomic E-state index is 0.00380. The topological polar surface area (TPSA) is 26.3 Å². The van der Waals surface area contributed by atoms with Gasteiger partial charge < -0.3 is 4.74 Å². The van der Waals surface area contributed by atoms with E-state index in [9.17, 15) is 4.79 Å². The summed E-state index contributed by atoms with van der Waals surface area (Å²) in [5, 5.41) is 0. The molecule has 0 fully saturated rings. The lowest BCUT2D eigenvalue weighted by Gasteiger charge is -2.17. The maximum Gasteiger partial charge on any atom is 0.190 e. The monoisotopic (exact) mass is 310 g/mol. The Morgan fingerprint density at radius 1 is 0.955 bits per heavy atom. The number of carbonyl (C=O) groups excluding carboxylic acids is 1. The molecule has 0 radical (unpaired) electrons. The summed E-state index contributed by atoms with van der Waals surface area (Å²) >= 11 is 1.62. The lowest BCUT2D eigenvalue weighted by Crippen LogP contribution is -2.05. The summed E-state index contributed by atoms with van der Waals surface area (Å²) < 4.78 is 5.90. The van der Waals surface area contributed by atoms with E-state index in [1.165, 1.54) is 0 Å². The molecule has 0 amide bonds. The van der Waals surface area contributed by atoms with Crippen molar-refractivity contribution in [3.8, 4) is 0 Å². The first-order valence-corrected chi connectivity index (χ1v) is 8.36. The molecule has 0 saturated carbocycles. The minimum atomic E-state index is 0.00380. The van der Waals surface area contributed by atoms with Crippen molar-refractivity contribution in [2.45, 2.75) is 29.6 Å². The molecule has 0 aromatic heterocycles. The first-order valence-electron chi connectivity index (χ1n) is 7.54. The normalized spacial score (nSPS) is 15.9. The molecule has 1 aliphatic heterocycles. The zero-order valence-electron chi connectivity index (χ0n) is 12.5. The van der Waals surface area contributed by atoms with Gasteiger partial charge in [-0.15, -0.1) is 0 Å². The van der Waals surface area contributed by atoms with Gasteiger partial charge in [0, 0.05) is 27.0 Å². The fraction of sp³-hybridized carbons (Fsp3) is 0.211. The molecule has 2 aromatic carbocycles.